The summed E-state index contributed by atoms with van der Waals surface area (Å²) >= 11 is 6.56. The number of rotatable bonds is 2. The second kappa shape index (κ2) is 5.32. The van der Waals surface area contributed by atoms with Crippen LogP contribution in [0.15, 0.2) is 27.7 Å². The molecule has 0 saturated heterocycles. The van der Waals surface area contributed by atoms with Crippen molar-refractivity contribution in [2.24, 2.45) is 0 Å². The van der Waals surface area contributed by atoms with E-state index in [2.05, 4.69) is 37.2 Å². The smallest absolute Gasteiger partial charge is 0.221 e. The van der Waals surface area contributed by atoms with E-state index < -0.39 is 0 Å². The number of benzene rings is 1. The summed E-state index contributed by atoms with van der Waals surface area (Å²) in [4.78, 5) is 10.7. The fraction of sp³-hybridized carbons (Fsp3) is 0.100. The van der Waals surface area contributed by atoms with Crippen molar-refractivity contribution in [3.63, 3.8) is 0 Å². The SMILES string of the molecule is CC(=O)Nc1ccc(C=C(Br)Br)cc1. The van der Waals surface area contributed by atoms with E-state index in [1.54, 1.807) is 0 Å². The van der Waals surface area contributed by atoms with Gasteiger partial charge >= 0.3 is 0 Å². The summed E-state index contributed by atoms with van der Waals surface area (Å²) in [5.41, 5.74) is 1.86. The van der Waals surface area contributed by atoms with Crippen molar-refractivity contribution in [2.45, 2.75) is 6.92 Å². The number of carbonyl (C=O) groups excluding carboxylic acids is 1. The first-order valence-electron chi connectivity index (χ1n) is 3.98. The standard InChI is InChI=1S/C10H9Br2NO/c1-7(14)13-9-4-2-8(3-5-9)6-10(11)12/h2-6H,1H3,(H,13,14). The lowest BCUT2D eigenvalue weighted by atomic mass is 10.2. The van der Waals surface area contributed by atoms with Gasteiger partial charge in [-0.1, -0.05) is 12.1 Å². The van der Waals surface area contributed by atoms with Crippen LogP contribution in [0.1, 0.15) is 12.5 Å². The van der Waals surface area contributed by atoms with E-state index in [9.17, 15) is 4.79 Å². The molecular formula is C10H9Br2NO. The highest BCUT2D eigenvalue weighted by molar-refractivity contribution is 9.28. The molecule has 1 aromatic carbocycles. The summed E-state index contributed by atoms with van der Waals surface area (Å²) in [5, 5.41) is 2.70. The zero-order chi connectivity index (χ0) is 10.6. The third-order valence-electron chi connectivity index (χ3n) is 1.51. The summed E-state index contributed by atoms with van der Waals surface area (Å²) in [6, 6.07) is 7.56. The van der Waals surface area contributed by atoms with Crippen LogP contribution < -0.4 is 5.32 Å². The number of anilines is 1. The van der Waals surface area contributed by atoms with Crippen LogP contribution in [0.5, 0.6) is 0 Å². The molecule has 0 aliphatic rings. The molecule has 0 aliphatic heterocycles. The van der Waals surface area contributed by atoms with E-state index in [4.69, 9.17) is 0 Å². The van der Waals surface area contributed by atoms with Crippen LogP contribution in [0.25, 0.3) is 6.08 Å². The van der Waals surface area contributed by atoms with Crippen molar-refractivity contribution in [3.8, 4) is 0 Å². The highest BCUT2D eigenvalue weighted by atomic mass is 79.9. The first-order chi connectivity index (χ1) is 6.58. The van der Waals surface area contributed by atoms with E-state index in [0.29, 0.717) is 0 Å². The van der Waals surface area contributed by atoms with Gasteiger partial charge in [-0.2, -0.15) is 0 Å². The lowest BCUT2D eigenvalue weighted by Crippen LogP contribution is -2.05. The van der Waals surface area contributed by atoms with Gasteiger partial charge in [0.1, 0.15) is 0 Å². The van der Waals surface area contributed by atoms with Gasteiger partial charge in [0.15, 0.2) is 0 Å². The zero-order valence-corrected chi connectivity index (χ0v) is 10.7. The molecule has 0 bridgehead atoms. The van der Waals surface area contributed by atoms with Gasteiger partial charge in [0.25, 0.3) is 0 Å². The van der Waals surface area contributed by atoms with Gasteiger partial charge in [0, 0.05) is 12.6 Å². The van der Waals surface area contributed by atoms with Crippen molar-refractivity contribution < 1.29 is 4.79 Å². The molecule has 1 N–H and O–H groups in total. The fourth-order valence-electron chi connectivity index (χ4n) is 0.992. The molecule has 2 nitrogen and oxygen atoms in total. The number of carbonyl (C=O) groups is 1. The quantitative estimate of drug-likeness (QED) is 0.884. The first-order valence-corrected chi connectivity index (χ1v) is 5.57. The molecule has 0 fully saturated rings. The Balaban J connectivity index is 2.78. The number of hydrogen-bond acceptors (Lipinski definition) is 1. The van der Waals surface area contributed by atoms with Gasteiger partial charge in [-0.3, -0.25) is 4.79 Å². The third-order valence-corrected chi connectivity index (χ3v) is 1.96. The van der Waals surface area contributed by atoms with Crippen molar-refractivity contribution in [3.05, 3.63) is 33.2 Å². The highest BCUT2D eigenvalue weighted by Gasteiger charge is 1.94. The molecule has 0 unspecified atom stereocenters. The molecule has 14 heavy (non-hydrogen) atoms. The average molecular weight is 319 g/mol. The van der Waals surface area contributed by atoms with Crippen molar-refractivity contribution >= 4 is 49.5 Å². The minimum absolute atomic E-state index is 0.0602. The molecule has 4 heteroatoms. The molecule has 1 amide bonds. The van der Waals surface area contributed by atoms with Crippen LogP contribution >= 0.6 is 31.9 Å². The maximum Gasteiger partial charge on any atom is 0.221 e. The first kappa shape index (κ1) is 11.5. The number of amides is 1. The lowest BCUT2D eigenvalue weighted by molar-refractivity contribution is -0.114. The molecule has 0 aromatic heterocycles. The van der Waals surface area contributed by atoms with Crippen LogP contribution in [0.3, 0.4) is 0 Å². The molecule has 0 radical (unpaired) electrons. The van der Waals surface area contributed by atoms with E-state index in [-0.39, 0.29) is 5.91 Å². The Bertz CT molecular complexity index is 353. The van der Waals surface area contributed by atoms with Gasteiger partial charge in [-0.05, 0) is 55.6 Å². The normalized spacial score (nSPS) is 9.36. The second-order valence-electron chi connectivity index (χ2n) is 2.74. The minimum atomic E-state index is -0.0602. The van der Waals surface area contributed by atoms with Crippen molar-refractivity contribution in [2.75, 3.05) is 5.32 Å². The lowest BCUT2D eigenvalue weighted by Gasteiger charge is -2.01. The molecular weight excluding hydrogens is 310 g/mol. The fourth-order valence-corrected chi connectivity index (χ4v) is 1.52. The number of nitrogens with one attached hydrogen (secondary N) is 1. The Hall–Kier alpha value is -0.610. The predicted molar refractivity (Wildman–Crippen MR) is 66.6 cm³/mol. The second-order valence-corrected chi connectivity index (χ2v) is 5.51. The van der Waals surface area contributed by atoms with E-state index in [1.165, 1.54) is 6.92 Å². The zero-order valence-electron chi connectivity index (χ0n) is 7.55. The molecule has 1 rings (SSSR count). The Morgan fingerprint density at radius 2 is 1.86 bits per heavy atom. The van der Waals surface area contributed by atoms with Gasteiger partial charge in [0.05, 0.1) is 3.39 Å². The van der Waals surface area contributed by atoms with Gasteiger partial charge < -0.3 is 5.32 Å². The molecule has 0 heterocycles. The van der Waals surface area contributed by atoms with Crippen LogP contribution in [0.4, 0.5) is 5.69 Å². The Morgan fingerprint density at radius 1 is 1.29 bits per heavy atom. The van der Waals surface area contributed by atoms with Crippen LogP contribution in [0.2, 0.25) is 0 Å². The van der Waals surface area contributed by atoms with Gasteiger partial charge in [-0.25, -0.2) is 0 Å². The van der Waals surface area contributed by atoms with Crippen LogP contribution in [-0.4, -0.2) is 5.91 Å². The van der Waals surface area contributed by atoms with Crippen molar-refractivity contribution in [1.29, 1.82) is 0 Å². The molecule has 0 spiro atoms. The van der Waals surface area contributed by atoms with Crippen LogP contribution in [-0.2, 0) is 4.79 Å². The number of hydrogen-bond donors (Lipinski definition) is 1. The molecule has 1 aromatic rings. The molecule has 0 saturated carbocycles. The summed E-state index contributed by atoms with van der Waals surface area (Å²) in [6.45, 7) is 1.49. The van der Waals surface area contributed by atoms with Crippen LogP contribution in [0, 0.1) is 0 Å². The van der Waals surface area contributed by atoms with Gasteiger partial charge in [-0.15, -0.1) is 0 Å². The van der Waals surface area contributed by atoms with E-state index in [1.807, 2.05) is 30.3 Å². The molecule has 0 atom stereocenters. The van der Waals surface area contributed by atoms with E-state index in [0.717, 1.165) is 14.6 Å². The molecule has 0 aliphatic carbocycles. The average Bonchev–Trinajstić information content (AvgIpc) is 2.06. The van der Waals surface area contributed by atoms with E-state index >= 15 is 0 Å². The summed E-state index contributed by atoms with van der Waals surface area (Å²) in [5.74, 6) is -0.0602. The van der Waals surface area contributed by atoms with Crippen molar-refractivity contribution in [1.82, 2.24) is 0 Å². The Morgan fingerprint density at radius 3 is 2.29 bits per heavy atom. The maximum absolute atomic E-state index is 10.7. The number of halogens is 2. The predicted octanol–water partition coefficient (Wildman–Crippen LogP) is 3.73. The maximum atomic E-state index is 10.7. The minimum Gasteiger partial charge on any atom is -0.326 e. The Kier molecular flexibility index (Phi) is 4.35. The monoisotopic (exact) mass is 317 g/mol. The van der Waals surface area contributed by atoms with Gasteiger partial charge in [0.2, 0.25) is 5.91 Å². The largest absolute Gasteiger partial charge is 0.326 e. The highest BCUT2D eigenvalue weighted by Crippen LogP contribution is 2.19. The third kappa shape index (κ3) is 4.07. The Labute approximate surface area is 99.6 Å². The summed E-state index contributed by atoms with van der Waals surface area (Å²) in [6.07, 6.45) is 1.93. The summed E-state index contributed by atoms with van der Waals surface area (Å²) in [7, 11) is 0. The summed E-state index contributed by atoms with van der Waals surface area (Å²) < 4.78 is 0.886. The topological polar surface area (TPSA) is 29.1 Å². The molecule has 74 valence electrons.